The van der Waals surface area contributed by atoms with E-state index in [2.05, 4.69) is 13.8 Å². The summed E-state index contributed by atoms with van der Waals surface area (Å²) in [6.07, 6.45) is -23.1. The molecule has 28 atom stereocenters. The van der Waals surface area contributed by atoms with E-state index in [-0.39, 0.29) is 12.8 Å². The lowest BCUT2D eigenvalue weighted by molar-refractivity contribution is -0.365. The number of phosphoric acid groups is 1. The smallest absolute Gasteiger partial charge is 0.462 e. The maximum Gasteiger partial charge on any atom is 0.472 e. The number of rotatable bonds is 52. The molecular formula is C69H127O33P. The Bertz CT molecular complexity index is 2300. The average molecular weight is 1520 g/mol. The summed E-state index contributed by atoms with van der Waals surface area (Å²) in [4.78, 5) is 38.2. The summed E-state index contributed by atoms with van der Waals surface area (Å²) in [5, 5.41) is 184. The Labute approximate surface area is 604 Å². The second kappa shape index (κ2) is 49.3. The fraction of sp³-hybridized carbons (Fsp3) is 0.971. The Kier molecular flexibility index (Phi) is 43.9. The Hall–Kier alpha value is -1.95. The van der Waals surface area contributed by atoms with Crippen molar-refractivity contribution in [3.05, 3.63) is 0 Å². The van der Waals surface area contributed by atoms with Gasteiger partial charge in [0.25, 0.3) is 0 Å². The molecule has 0 aromatic heterocycles. The molecule has 0 aromatic rings. The third-order valence-electron chi connectivity index (χ3n) is 19.9. The monoisotopic (exact) mass is 1510 g/mol. The van der Waals surface area contributed by atoms with Crippen LogP contribution in [0.1, 0.15) is 219 Å². The normalized spacial score (nSPS) is 35.9. The van der Waals surface area contributed by atoms with Crippen LogP contribution in [-0.2, 0) is 70.6 Å². The molecule has 5 fully saturated rings. The fourth-order valence-electron chi connectivity index (χ4n) is 13.3. The Morgan fingerprint density at radius 3 is 1.00 bits per heavy atom. The van der Waals surface area contributed by atoms with Crippen molar-refractivity contribution in [3.63, 3.8) is 0 Å². The van der Waals surface area contributed by atoms with E-state index in [0.717, 1.165) is 64.2 Å². The zero-order chi connectivity index (χ0) is 75.6. The summed E-state index contributed by atoms with van der Waals surface area (Å²) < 4.78 is 81.5. The lowest BCUT2D eigenvalue weighted by Gasteiger charge is -2.49. The van der Waals surface area contributed by atoms with Crippen molar-refractivity contribution in [3.8, 4) is 0 Å². The van der Waals surface area contributed by atoms with Gasteiger partial charge in [-0.25, -0.2) is 4.57 Å². The molecule has 103 heavy (non-hydrogen) atoms. The maximum atomic E-state index is 14.4. The zero-order valence-electron chi connectivity index (χ0n) is 60.1. The molecule has 34 heteroatoms. The predicted octanol–water partition coefficient (Wildman–Crippen LogP) is 0.582. The van der Waals surface area contributed by atoms with E-state index < -0.39 is 225 Å². The van der Waals surface area contributed by atoms with Crippen molar-refractivity contribution in [2.24, 2.45) is 0 Å². The molecule has 0 radical (unpaired) electrons. The van der Waals surface area contributed by atoms with E-state index in [0.29, 0.717) is 19.3 Å². The lowest BCUT2D eigenvalue weighted by Crippen LogP contribution is -2.69. The minimum absolute atomic E-state index is 0.00200. The minimum Gasteiger partial charge on any atom is -0.462 e. The summed E-state index contributed by atoms with van der Waals surface area (Å²) in [6, 6.07) is 0. The molecule has 4 saturated heterocycles. The first-order chi connectivity index (χ1) is 49.3. The van der Waals surface area contributed by atoms with Crippen molar-refractivity contribution in [2.45, 2.75) is 385 Å². The predicted molar refractivity (Wildman–Crippen MR) is 361 cm³/mol. The van der Waals surface area contributed by atoms with Gasteiger partial charge >= 0.3 is 19.8 Å². The number of aliphatic hydroxyl groups is 17. The number of aliphatic hydroxyl groups excluding tert-OH is 17. The molecule has 0 bridgehead atoms. The van der Waals surface area contributed by atoms with Crippen LogP contribution >= 0.6 is 7.82 Å². The van der Waals surface area contributed by atoms with Gasteiger partial charge in [0, 0.05) is 12.8 Å². The Morgan fingerprint density at radius 1 is 0.350 bits per heavy atom. The van der Waals surface area contributed by atoms with E-state index in [1.807, 2.05) is 0 Å². The van der Waals surface area contributed by atoms with Crippen LogP contribution in [0.3, 0.4) is 0 Å². The van der Waals surface area contributed by atoms with Crippen molar-refractivity contribution in [2.75, 3.05) is 39.6 Å². The summed E-state index contributed by atoms with van der Waals surface area (Å²) in [7, 11) is -5.81. The molecule has 33 nitrogen and oxygen atoms in total. The van der Waals surface area contributed by atoms with Crippen LogP contribution in [0.5, 0.6) is 0 Å². The minimum atomic E-state index is -5.81. The average Bonchev–Trinajstić information content (AvgIpc) is 0.758. The van der Waals surface area contributed by atoms with Gasteiger partial charge in [-0.05, 0) is 12.8 Å². The molecule has 18 N–H and O–H groups in total. The highest BCUT2D eigenvalue weighted by Crippen LogP contribution is 2.49. The summed E-state index contributed by atoms with van der Waals surface area (Å²) in [5.41, 5.74) is 0. The van der Waals surface area contributed by atoms with Crippen LogP contribution in [0.4, 0.5) is 0 Å². The molecule has 4 aliphatic heterocycles. The van der Waals surface area contributed by atoms with Gasteiger partial charge in [0.1, 0.15) is 141 Å². The quantitative estimate of drug-likeness (QED) is 0.0225. The number of ether oxygens (including phenoxy) is 10. The van der Waals surface area contributed by atoms with E-state index in [1.165, 1.54) is 109 Å². The first kappa shape index (κ1) is 91.7. The van der Waals surface area contributed by atoms with Gasteiger partial charge in [0.15, 0.2) is 31.3 Å². The molecule has 4 heterocycles. The number of phosphoric ester groups is 1. The van der Waals surface area contributed by atoms with Gasteiger partial charge in [0.05, 0.1) is 33.0 Å². The van der Waals surface area contributed by atoms with Crippen LogP contribution in [0.25, 0.3) is 0 Å². The van der Waals surface area contributed by atoms with E-state index in [9.17, 15) is 106 Å². The topological polar surface area (TPSA) is 526 Å². The summed E-state index contributed by atoms with van der Waals surface area (Å²) in [6.45, 7) is -0.871. The molecule has 1 saturated carbocycles. The summed E-state index contributed by atoms with van der Waals surface area (Å²) in [5.74, 6) is -1.43. The molecule has 0 amide bonds. The third kappa shape index (κ3) is 30.3. The van der Waals surface area contributed by atoms with Crippen LogP contribution in [0, 0.1) is 0 Å². The van der Waals surface area contributed by atoms with E-state index in [1.54, 1.807) is 0 Å². The van der Waals surface area contributed by atoms with Crippen molar-refractivity contribution < 1.29 is 162 Å². The zero-order valence-corrected chi connectivity index (χ0v) is 61.0. The number of hydrogen-bond acceptors (Lipinski definition) is 32. The highest BCUT2D eigenvalue weighted by Gasteiger charge is 2.59. The van der Waals surface area contributed by atoms with Gasteiger partial charge in [-0.2, -0.15) is 0 Å². The number of hydrogen-bond donors (Lipinski definition) is 18. The molecule has 0 aromatic carbocycles. The van der Waals surface area contributed by atoms with Crippen LogP contribution in [0.2, 0.25) is 0 Å². The van der Waals surface area contributed by atoms with Gasteiger partial charge in [0.2, 0.25) is 0 Å². The SMILES string of the molecule is CCCCCCCCCCCCCCCCCC(=O)OC[C@H](COP(=O)(O)O[C@@H]1C(O[C@@H]2OC(CO[C@@H]3OC(CO[C@@H]4OC(CO)[C@H](O)C(O)[C@@H]4O)[C@H](O)C(O)[C@@H]3O)[C@H](O)C(O)[C@@H]2O)C(O)[C@@H](O)C(O)[C@H]1O[C@H]1OC(CO)[C@@H](O)C(O)[C@H]1O)OC(=O)CCCCCCCCCCCCCCCCC. The van der Waals surface area contributed by atoms with Crippen molar-refractivity contribution in [1.29, 1.82) is 0 Å². The van der Waals surface area contributed by atoms with Gasteiger partial charge in [-0.15, -0.1) is 0 Å². The molecule has 0 spiro atoms. The lowest BCUT2D eigenvalue weighted by atomic mass is 9.84. The second-order valence-corrected chi connectivity index (χ2v) is 29.7. The van der Waals surface area contributed by atoms with Gasteiger partial charge in [-0.3, -0.25) is 18.6 Å². The van der Waals surface area contributed by atoms with E-state index >= 15 is 0 Å². The largest absolute Gasteiger partial charge is 0.472 e. The molecule has 5 aliphatic rings. The first-order valence-electron chi connectivity index (χ1n) is 37.9. The number of carbonyl (C=O) groups is 2. The molecule has 606 valence electrons. The molecule has 12 unspecified atom stereocenters. The van der Waals surface area contributed by atoms with Crippen LogP contribution in [0.15, 0.2) is 0 Å². The van der Waals surface area contributed by atoms with Crippen LogP contribution < -0.4 is 0 Å². The second-order valence-electron chi connectivity index (χ2n) is 28.3. The van der Waals surface area contributed by atoms with Crippen molar-refractivity contribution in [1.82, 2.24) is 0 Å². The third-order valence-corrected chi connectivity index (χ3v) is 20.8. The number of esters is 2. The molecular weight excluding hydrogens is 1390 g/mol. The van der Waals surface area contributed by atoms with Gasteiger partial charge in [-0.1, -0.05) is 194 Å². The molecule has 1 aliphatic carbocycles. The van der Waals surface area contributed by atoms with E-state index in [4.69, 9.17) is 56.4 Å². The number of unbranched alkanes of at least 4 members (excludes halogenated alkanes) is 28. The van der Waals surface area contributed by atoms with Gasteiger partial charge < -0.3 is 139 Å². The maximum absolute atomic E-state index is 14.4. The Morgan fingerprint density at radius 2 is 0.641 bits per heavy atom. The van der Waals surface area contributed by atoms with Crippen LogP contribution in [-0.4, -0.2) is 309 Å². The van der Waals surface area contributed by atoms with Crippen molar-refractivity contribution >= 4 is 19.8 Å². The summed E-state index contributed by atoms with van der Waals surface area (Å²) >= 11 is 0. The fourth-order valence-corrected chi connectivity index (χ4v) is 14.3. The first-order valence-corrected chi connectivity index (χ1v) is 39.4. The standard InChI is InChI=1S/C69H127O33P/c1-3-5-7-9-11-13-15-17-19-21-23-25-27-29-31-33-46(72)91-37-41(95-47(73)34-32-30-28-26-24-22-20-18-16-14-12-10-8-6-4-2)38-94-103(89,90)102-65-63(100-68-61(87)53(79)49(75)43(36-71)97-68)57(83)56(82)58(84)64(65)101-69-62(88)55(81)51(77)45(99-69)40-93-67-60(86)54(80)50(76)44(98-67)39-92-66-59(85)52(78)48(74)42(35-70)96-66/h41-45,48-71,74-88H,3-40H2,1-2H3,(H,89,90)/t41-,42?,43?,44?,45?,48+,49-,50+,51+,52?,53?,54?,55?,56+,57?,58?,59+,60+,61-,62+,63-,64?,65+,66-,67-,68-,69+/m1/s1. The molecule has 5 rings (SSSR count). The highest BCUT2D eigenvalue weighted by atomic mass is 31.2. The highest BCUT2D eigenvalue weighted by molar-refractivity contribution is 7.47. The number of carbonyl (C=O) groups excluding carboxylic acids is 2. The Balaban J connectivity index is 1.28.